The second kappa shape index (κ2) is 7.69. The van der Waals surface area contributed by atoms with E-state index in [1.807, 2.05) is 30.3 Å². The number of hydrogen-bond acceptors (Lipinski definition) is 4. The fraction of sp³-hybridized carbons (Fsp3) is 0.579. The molecule has 1 saturated carbocycles. The second-order valence-corrected chi connectivity index (χ2v) is 6.56. The van der Waals surface area contributed by atoms with Crippen LogP contribution >= 0.6 is 0 Å². The van der Waals surface area contributed by atoms with E-state index in [0.717, 1.165) is 24.8 Å². The number of rotatable bonds is 4. The average molecular weight is 331 g/mol. The van der Waals surface area contributed by atoms with Crippen molar-refractivity contribution in [2.45, 2.75) is 57.7 Å². The third-order valence-corrected chi connectivity index (χ3v) is 5.06. The van der Waals surface area contributed by atoms with Crippen molar-refractivity contribution in [3.63, 3.8) is 0 Å². The quantitative estimate of drug-likeness (QED) is 0.792. The van der Waals surface area contributed by atoms with Crippen molar-refractivity contribution in [1.82, 2.24) is 4.90 Å². The summed E-state index contributed by atoms with van der Waals surface area (Å²) in [5, 5.41) is 0. The van der Waals surface area contributed by atoms with Crippen LogP contribution in [0.1, 0.15) is 44.6 Å². The second-order valence-electron chi connectivity index (χ2n) is 6.56. The van der Waals surface area contributed by atoms with Gasteiger partial charge in [-0.1, -0.05) is 43.2 Å². The molecule has 0 unspecified atom stereocenters. The highest BCUT2D eigenvalue weighted by atomic mass is 16.6. The lowest BCUT2D eigenvalue weighted by Gasteiger charge is -2.32. The average Bonchev–Trinajstić information content (AvgIpc) is 3.00. The largest absolute Gasteiger partial charge is 0.464 e. The number of carbonyl (C=O) groups excluding carboxylic acids is 2. The predicted molar refractivity (Wildman–Crippen MR) is 89.3 cm³/mol. The van der Waals surface area contributed by atoms with Gasteiger partial charge in [0.05, 0.1) is 6.61 Å². The molecule has 5 heteroatoms. The highest BCUT2D eigenvalue weighted by molar-refractivity contribution is 5.82. The zero-order valence-corrected chi connectivity index (χ0v) is 14.1. The minimum Gasteiger partial charge on any atom is -0.464 e. The van der Waals surface area contributed by atoms with Crippen LogP contribution in [0.4, 0.5) is 4.79 Å². The minimum absolute atomic E-state index is 0.108. The first-order valence-electron chi connectivity index (χ1n) is 8.86. The maximum absolute atomic E-state index is 12.7. The Labute approximate surface area is 142 Å². The molecule has 0 N–H and O–H groups in total. The molecule has 130 valence electrons. The van der Waals surface area contributed by atoms with Crippen LogP contribution in [0.2, 0.25) is 0 Å². The first-order valence-corrected chi connectivity index (χ1v) is 8.86. The molecule has 1 aliphatic carbocycles. The summed E-state index contributed by atoms with van der Waals surface area (Å²) < 4.78 is 10.7. The van der Waals surface area contributed by atoms with Gasteiger partial charge in [0.15, 0.2) is 0 Å². The molecule has 1 aliphatic heterocycles. The zero-order valence-electron chi connectivity index (χ0n) is 14.1. The molecule has 1 heterocycles. The first-order chi connectivity index (χ1) is 11.7. The molecular weight excluding hydrogens is 306 g/mol. The Balaban J connectivity index is 1.70. The molecule has 2 fully saturated rings. The number of benzene rings is 1. The van der Waals surface area contributed by atoms with E-state index in [1.165, 1.54) is 6.42 Å². The third-order valence-electron chi connectivity index (χ3n) is 5.06. The summed E-state index contributed by atoms with van der Waals surface area (Å²) in [5.41, 5.74) is 0.943. The molecule has 0 spiro atoms. The normalized spacial score (nSPS) is 25.9. The van der Waals surface area contributed by atoms with Crippen LogP contribution in [0.15, 0.2) is 30.3 Å². The van der Waals surface area contributed by atoms with Gasteiger partial charge in [-0.05, 0) is 37.7 Å². The lowest BCUT2D eigenvalue weighted by atomic mass is 9.85. The fourth-order valence-electron chi connectivity index (χ4n) is 3.97. The minimum atomic E-state index is -0.499. The Morgan fingerprint density at radius 3 is 2.62 bits per heavy atom. The molecule has 24 heavy (non-hydrogen) atoms. The number of nitrogens with zero attached hydrogens (tertiary/aromatic N) is 1. The van der Waals surface area contributed by atoms with E-state index in [1.54, 1.807) is 11.8 Å². The Bertz CT molecular complexity index is 574. The Hall–Kier alpha value is -2.04. The van der Waals surface area contributed by atoms with Gasteiger partial charge in [-0.15, -0.1) is 0 Å². The molecule has 5 nitrogen and oxygen atoms in total. The molecular formula is C19H25NO4. The van der Waals surface area contributed by atoms with E-state index in [9.17, 15) is 9.59 Å². The molecule has 2 aliphatic rings. The number of carbonyl (C=O) groups is 2. The number of fused-ring (bicyclic) bond motifs is 1. The maximum Gasteiger partial charge on any atom is 0.411 e. The standard InChI is InChI=1S/C19H25NO4/c1-2-23-18(21)17-12-15-10-6-7-11-16(15)20(17)19(22)24-13-14-8-4-3-5-9-14/h3-5,8-9,15-17H,2,6-7,10-13H2,1H3/t15-,16-,17-/m1/s1. The van der Waals surface area contributed by atoms with E-state index in [4.69, 9.17) is 9.47 Å². The van der Waals surface area contributed by atoms with Crippen LogP contribution < -0.4 is 0 Å². The van der Waals surface area contributed by atoms with Crippen molar-refractivity contribution in [2.24, 2.45) is 5.92 Å². The third kappa shape index (κ3) is 3.55. The lowest BCUT2D eigenvalue weighted by molar-refractivity contribution is -0.148. The van der Waals surface area contributed by atoms with Gasteiger partial charge in [0.1, 0.15) is 12.6 Å². The van der Waals surface area contributed by atoms with Crippen molar-refractivity contribution < 1.29 is 19.1 Å². The zero-order chi connectivity index (χ0) is 16.9. The van der Waals surface area contributed by atoms with Gasteiger partial charge in [-0.2, -0.15) is 0 Å². The van der Waals surface area contributed by atoms with Crippen LogP contribution in [-0.4, -0.2) is 35.7 Å². The molecule has 0 radical (unpaired) electrons. The summed E-state index contributed by atoms with van der Waals surface area (Å²) in [5.74, 6) is 0.0843. The summed E-state index contributed by atoms with van der Waals surface area (Å²) in [4.78, 5) is 26.7. The van der Waals surface area contributed by atoms with Gasteiger partial charge in [0, 0.05) is 6.04 Å². The maximum atomic E-state index is 12.7. The van der Waals surface area contributed by atoms with Gasteiger partial charge in [0.25, 0.3) is 0 Å². The summed E-state index contributed by atoms with van der Waals surface area (Å²) in [6, 6.07) is 9.20. The first kappa shape index (κ1) is 16.8. The fourth-order valence-corrected chi connectivity index (χ4v) is 3.97. The summed E-state index contributed by atoms with van der Waals surface area (Å²) in [6.45, 7) is 2.35. The number of amides is 1. The van der Waals surface area contributed by atoms with E-state index in [-0.39, 0.29) is 18.6 Å². The smallest absolute Gasteiger partial charge is 0.411 e. The molecule has 0 bridgehead atoms. The van der Waals surface area contributed by atoms with Crippen LogP contribution in [0, 0.1) is 5.92 Å². The topological polar surface area (TPSA) is 55.8 Å². The van der Waals surface area contributed by atoms with Crippen molar-refractivity contribution in [2.75, 3.05) is 6.61 Å². The predicted octanol–water partition coefficient (Wildman–Crippen LogP) is 3.52. The van der Waals surface area contributed by atoms with E-state index >= 15 is 0 Å². The SMILES string of the molecule is CCOC(=O)[C@H]1C[C@H]2CCCC[C@H]2N1C(=O)OCc1ccccc1. The van der Waals surface area contributed by atoms with Crippen molar-refractivity contribution in [3.8, 4) is 0 Å². The lowest BCUT2D eigenvalue weighted by Crippen LogP contribution is -2.47. The monoisotopic (exact) mass is 331 g/mol. The van der Waals surface area contributed by atoms with Crippen LogP contribution in [0.5, 0.6) is 0 Å². The van der Waals surface area contributed by atoms with Gasteiger partial charge in [-0.25, -0.2) is 9.59 Å². The van der Waals surface area contributed by atoms with Crippen LogP contribution in [0.3, 0.4) is 0 Å². The summed E-state index contributed by atoms with van der Waals surface area (Å²) in [6.07, 6.45) is 4.59. The van der Waals surface area contributed by atoms with Gasteiger partial charge >= 0.3 is 12.1 Å². The number of hydrogen-bond donors (Lipinski definition) is 0. The molecule has 1 amide bonds. The van der Waals surface area contributed by atoms with Crippen LogP contribution in [0.25, 0.3) is 0 Å². The van der Waals surface area contributed by atoms with E-state index < -0.39 is 12.1 Å². The highest BCUT2D eigenvalue weighted by Crippen LogP contribution is 2.40. The van der Waals surface area contributed by atoms with Gasteiger partial charge in [0.2, 0.25) is 0 Å². The molecule has 3 rings (SSSR count). The number of likely N-dealkylation sites (tertiary alicyclic amines) is 1. The van der Waals surface area contributed by atoms with Gasteiger partial charge in [-0.3, -0.25) is 4.90 Å². The Morgan fingerprint density at radius 1 is 1.12 bits per heavy atom. The highest BCUT2D eigenvalue weighted by Gasteiger charge is 2.48. The van der Waals surface area contributed by atoms with Crippen molar-refractivity contribution >= 4 is 12.1 Å². The summed E-state index contributed by atoms with van der Waals surface area (Å²) in [7, 11) is 0. The molecule has 1 aromatic rings. The van der Waals surface area contributed by atoms with E-state index in [2.05, 4.69) is 0 Å². The van der Waals surface area contributed by atoms with Crippen molar-refractivity contribution in [1.29, 1.82) is 0 Å². The van der Waals surface area contributed by atoms with Gasteiger partial charge < -0.3 is 9.47 Å². The number of ether oxygens (including phenoxy) is 2. The molecule has 1 saturated heterocycles. The number of esters is 1. The Kier molecular flexibility index (Phi) is 5.38. The van der Waals surface area contributed by atoms with E-state index in [0.29, 0.717) is 18.9 Å². The molecule has 3 atom stereocenters. The Morgan fingerprint density at radius 2 is 1.88 bits per heavy atom. The summed E-state index contributed by atoms with van der Waals surface area (Å²) >= 11 is 0. The molecule has 0 aromatic heterocycles. The molecule has 1 aromatic carbocycles. The van der Waals surface area contributed by atoms with Crippen LogP contribution in [-0.2, 0) is 20.9 Å². The van der Waals surface area contributed by atoms with Crippen molar-refractivity contribution in [3.05, 3.63) is 35.9 Å².